The summed E-state index contributed by atoms with van der Waals surface area (Å²) in [5.74, 6) is 0. The second-order valence-corrected chi connectivity index (χ2v) is 2.50. The van der Waals surface area contributed by atoms with Gasteiger partial charge in [0.1, 0.15) is 0 Å². The molecular formula is C6H5ClN4. The van der Waals surface area contributed by atoms with Crippen molar-refractivity contribution in [3.63, 3.8) is 0 Å². The summed E-state index contributed by atoms with van der Waals surface area (Å²) in [5.41, 5.74) is 6.83. The molecule has 0 spiro atoms. The van der Waals surface area contributed by atoms with Gasteiger partial charge in [0.2, 0.25) is 5.28 Å². The minimum Gasteiger partial charge on any atom is -0.399 e. The molecule has 0 aliphatic carbocycles. The summed E-state index contributed by atoms with van der Waals surface area (Å²) >= 11 is 5.67. The van der Waals surface area contributed by atoms with E-state index in [9.17, 15) is 0 Å². The molecule has 0 radical (unpaired) electrons. The molecule has 0 aliphatic rings. The van der Waals surface area contributed by atoms with E-state index in [1.54, 1.807) is 22.7 Å². The highest BCUT2D eigenvalue weighted by atomic mass is 35.5. The second-order valence-electron chi connectivity index (χ2n) is 2.16. The first-order valence-corrected chi connectivity index (χ1v) is 3.41. The molecule has 56 valence electrons. The molecule has 2 aromatic heterocycles. The maximum Gasteiger partial charge on any atom is 0.229 e. The van der Waals surface area contributed by atoms with Crippen molar-refractivity contribution in [2.24, 2.45) is 0 Å². The lowest BCUT2D eigenvalue weighted by molar-refractivity contribution is 1.10. The van der Waals surface area contributed by atoms with E-state index < -0.39 is 0 Å². The molecule has 0 saturated carbocycles. The SMILES string of the molecule is Nc1ccn2c(Cl)nnc2c1. The van der Waals surface area contributed by atoms with Crippen LogP contribution in [-0.4, -0.2) is 14.6 Å². The summed E-state index contributed by atoms with van der Waals surface area (Å²) in [4.78, 5) is 0. The maximum absolute atomic E-state index is 5.67. The van der Waals surface area contributed by atoms with Gasteiger partial charge in [-0.25, -0.2) is 0 Å². The van der Waals surface area contributed by atoms with Crippen molar-refractivity contribution in [3.05, 3.63) is 23.6 Å². The van der Waals surface area contributed by atoms with Gasteiger partial charge >= 0.3 is 0 Å². The third kappa shape index (κ3) is 0.914. The Balaban J connectivity index is 2.86. The van der Waals surface area contributed by atoms with Crippen LogP contribution in [-0.2, 0) is 0 Å². The zero-order valence-electron chi connectivity index (χ0n) is 5.53. The van der Waals surface area contributed by atoms with E-state index in [-0.39, 0.29) is 0 Å². The van der Waals surface area contributed by atoms with Crippen LogP contribution in [0.4, 0.5) is 5.69 Å². The van der Waals surface area contributed by atoms with E-state index in [1.807, 2.05) is 0 Å². The summed E-state index contributed by atoms with van der Waals surface area (Å²) in [7, 11) is 0. The van der Waals surface area contributed by atoms with Crippen LogP contribution >= 0.6 is 11.6 Å². The first-order chi connectivity index (χ1) is 5.27. The molecule has 0 unspecified atom stereocenters. The van der Waals surface area contributed by atoms with Crippen LogP contribution in [0.1, 0.15) is 0 Å². The van der Waals surface area contributed by atoms with Crippen LogP contribution in [0.3, 0.4) is 0 Å². The number of rotatable bonds is 0. The van der Waals surface area contributed by atoms with Crippen molar-refractivity contribution < 1.29 is 0 Å². The summed E-state index contributed by atoms with van der Waals surface area (Å²) < 4.78 is 1.65. The van der Waals surface area contributed by atoms with E-state index in [2.05, 4.69) is 10.2 Å². The summed E-state index contributed by atoms with van der Waals surface area (Å²) in [6.07, 6.45) is 1.73. The molecule has 2 heterocycles. The highest BCUT2D eigenvalue weighted by molar-refractivity contribution is 6.28. The lowest BCUT2D eigenvalue weighted by Crippen LogP contribution is -1.88. The van der Waals surface area contributed by atoms with Crippen molar-refractivity contribution in [1.29, 1.82) is 0 Å². The Morgan fingerprint density at radius 2 is 2.27 bits per heavy atom. The summed E-state index contributed by atoms with van der Waals surface area (Å²) in [6.45, 7) is 0. The summed E-state index contributed by atoms with van der Waals surface area (Å²) in [5, 5.41) is 7.79. The molecule has 0 bridgehead atoms. The van der Waals surface area contributed by atoms with Crippen LogP contribution in [0.2, 0.25) is 5.28 Å². The van der Waals surface area contributed by atoms with Gasteiger partial charge in [-0.1, -0.05) is 0 Å². The van der Waals surface area contributed by atoms with Gasteiger partial charge in [0, 0.05) is 18.0 Å². The molecule has 4 nitrogen and oxygen atoms in total. The van der Waals surface area contributed by atoms with Gasteiger partial charge in [-0.3, -0.25) is 4.40 Å². The standard InChI is InChI=1S/C6H5ClN4/c7-6-10-9-5-3-4(8)1-2-11(5)6/h1-3H,8H2. The molecule has 2 N–H and O–H groups in total. The number of nitrogens with zero attached hydrogens (tertiary/aromatic N) is 3. The Hall–Kier alpha value is -1.29. The number of halogens is 1. The molecule has 2 aromatic rings. The molecule has 0 saturated heterocycles. The van der Waals surface area contributed by atoms with E-state index in [0.717, 1.165) is 0 Å². The molecule has 0 fully saturated rings. The van der Waals surface area contributed by atoms with Crippen molar-refractivity contribution >= 4 is 22.9 Å². The molecule has 5 heteroatoms. The fourth-order valence-electron chi connectivity index (χ4n) is 0.877. The van der Waals surface area contributed by atoms with E-state index in [0.29, 0.717) is 16.6 Å². The van der Waals surface area contributed by atoms with Crippen LogP contribution in [0.15, 0.2) is 18.3 Å². The van der Waals surface area contributed by atoms with Gasteiger partial charge in [0.25, 0.3) is 0 Å². The average molecular weight is 169 g/mol. The van der Waals surface area contributed by atoms with Crippen molar-refractivity contribution in [3.8, 4) is 0 Å². The first-order valence-electron chi connectivity index (χ1n) is 3.03. The minimum absolute atomic E-state index is 0.347. The van der Waals surface area contributed by atoms with Gasteiger partial charge in [0.05, 0.1) is 0 Å². The largest absolute Gasteiger partial charge is 0.399 e. The highest BCUT2D eigenvalue weighted by Crippen LogP contribution is 2.10. The van der Waals surface area contributed by atoms with Crippen molar-refractivity contribution in [1.82, 2.24) is 14.6 Å². The number of aromatic nitrogens is 3. The number of hydrogen-bond donors (Lipinski definition) is 1. The fourth-order valence-corrected chi connectivity index (χ4v) is 1.06. The predicted molar refractivity (Wildman–Crippen MR) is 42.4 cm³/mol. The maximum atomic E-state index is 5.67. The van der Waals surface area contributed by atoms with Gasteiger partial charge in [-0.05, 0) is 17.7 Å². The van der Waals surface area contributed by atoms with Gasteiger partial charge in [-0.2, -0.15) is 0 Å². The third-order valence-corrected chi connectivity index (χ3v) is 1.65. The van der Waals surface area contributed by atoms with Crippen LogP contribution in [0.25, 0.3) is 5.65 Å². The number of fused-ring (bicyclic) bond motifs is 1. The number of hydrogen-bond acceptors (Lipinski definition) is 3. The number of nitrogen functional groups attached to an aromatic ring is 1. The zero-order chi connectivity index (χ0) is 7.84. The van der Waals surface area contributed by atoms with Crippen molar-refractivity contribution in [2.75, 3.05) is 5.73 Å². The lowest BCUT2D eigenvalue weighted by atomic mass is 10.4. The Morgan fingerprint density at radius 1 is 1.45 bits per heavy atom. The molecule has 2 rings (SSSR count). The number of nitrogens with two attached hydrogens (primary N) is 1. The fraction of sp³-hybridized carbons (Fsp3) is 0. The lowest BCUT2D eigenvalue weighted by Gasteiger charge is -1.93. The highest BCUT2D eigenvalue weighted by Gasteiger charge is 2.00. The van der Waals surface area contributed by atoms with E-state index in [1.165, 1.54) is 0 Å². The topological polar surface area (TPSA) is 56.2 Å². The number of pyridine rings is 1. The smallest absolute Gasteiger partial charge is 0.229 e. The minimum atomic E-state index is 0.347. The molecule has 0 amide bonds. The Kier molecular flexibility index (Phi) is 1.22. The summed E-state index contributed by atoms with van der Waals surface area (Å²) in [6, 6.07) is 3.45. The quantitative estimate of drug-likeness (QED) is 0.638. The van der Waals surface area contributed by atoms with Crippen LogP contribution in [0.5, 0.6) is 0 Å². The zero-order valence-corrected chi connectivity index (χ0v) is 6.28. The molecule has 0 aliphatic heterocycles. The van der Waals surface area contributed by atoms with Gasteiger partial charge < -0.3 is 5.73 Å². The van der Waals surface area contributed by atoms with Crippen LogP contribution < -0.4 is 5.73 Å². The van der Waals surface area contributed by atoms with Crippen LogP contribution in [0, 0.1) is 0 Å². The molecule has 11 heavy (non-hydrogen) atoms. The average Bonchev–Trinajstić information content (AvgIpc) is 2.32. The second kappa shape index (κ2) is 2.10. The van der Waals surface area contributed by atoms with E-state index in [4.69, 9.17) is 17.3 Å². The van der Waals surface area contributed by atoms with Gasteiger partial charge in [0.15, 0.2) is 5.65 Å². The third-order valence-electron chi connectivity index (χ3n) is 1.39. The molecule has 0 aromatic carbocycles. The first kappa shape index (κ1) is 6.42. The monoisotopic (exact) mass is 168 g/mol. The normalized spacial score (nSPS) is 10.6. The molecular weight excluding hydrogens is 164 g/mol. The number of anilines is 1. The van der Waals surface area contributed by atoms with Gasteiger partial charge in [-0.15, -0.1) is 10.2 Å². The van der Waals surface area contributed by atoms with E-state index >= 15 is 0 Å². The Morgan fingerprint density at radius 3 is 3.09 bits per heavy atom. The Bertz CT molecular complexity index is 394. The molecule has 0 atom stereocenters. The van der Waals surface area contributed by atoms with Crippen molar-refractivity contribution in [2.45, 2.75) is 0 Å². The Labute approximate surface area is 67.6 Å². The predicted octanol–water partition coefficient (Wildman–Crippen LogP) is 0.965.